The molecule has 19 heavy (non-hydrogen) atoms. The highest BCUT2D eigenvalue weighted by Gasteiger charge is 2.40. The van der Waals surface area contributed by atoms with Crippen molar-refractivity contribution in [1.29, 1.82) is 0 Å². The number of hydrogen-bond donors (Lipinski definition) is 2. The highest BCUT2D eigenvalue weighted by molar-refractivity contribution is 7.07. The van der Waals surface area contributed by atoms with Gasteiger partial charge in [-0.05, 0) is 73.9 Å². The summed E-state index contributed by atoms with van der Waals surface area (Å²) in [7, 11) is 2.30. The van der Waals surface area contributed by atoms with Gasteiger partial charge in [0.1, 0.15) is 0 Å². The monoisotopic (exact) mass is 279 g/mol. The molecule has 0 aliphatic carbocycles. The van der Waals surface area contributed by atoms with E-state index in [0.29, 0.717) is 6.04 Å². The molecule has 4 heteroatoms. The number of hydrazine groups is 1. The Morgan fingerprint density at radius 3 is 2.74 bits per heavy atom. The highest BCUT2D eigenvalue weighted by atomic mass is 32.1. The molecule has 0 aromatic carbocycles. The van der Waals surface area contributed by atoms with Crippen molar-refractivity contribution in [3.63, 3.8) is 0 Å². The summed E-state index contributed by atoms with van der Waals surface area (Å²) in [5, 5.41) is 4.42. The maximum absolute atomic E-state index is 5.83. The van der Waals surface area contributed by atoms with Crippen molar-refractivity contribution in [3.8, 4) is 0 Å². The standard InChI is InChI=1S/C15H25N3S/c1-18-13-3-4-14(18)9-12(8-13)15(17-16)5-2-11-6-7-19-10-11/h6-7,10,12-15,17H,2-5,8-9,16H2,1H3. The van der Waals surface area contributed by atoms with E-state index in [-0.39, 0.29) is 0 Å². The van der Waals surface area contributed by atoms with E-state index in [9.17, 15) is 0 Å². The van der Waals surface area contributed by atoms with E-state index in [0.717, 1.165) is 24.4 Å². The van der Waals surface area contributed by atoms with E-state index in [1.54, 1.807) is 11.3 Å². The van der Waals surface area contributed by atoms with E-state index < -0.39 is 0 Å². The van der Waals surface area contributed by atoms with Gasteiger partial charge in [-0.3, -0.25) is 11.3 Å². The Labute approximate surface area is 120 Å². The molecule has 0 amide bonds. The van der Waals surface area contributed by atoms with Gasteiger partial charge in [-0.1, -0.05) is 0 Å². The molecule has 2 aliphatic rings. The first-order chi connectivity index (χ1) is 9.28. The van der Waals surface area contributed by atoms with Crippen LogP contribution < -0.4 is 11.3 Å². The number of nitrogens with zero attached hydrogens (tertiary/aromatic N) is 1. The number of fused-ring (bicyclic) bond motifs is 2. The van der Waals surface area contributed by atoms with Gasteiger partial charge in [-0.2, -0.15) is 11.3 Å². The zero-order chi connectivity index (χ0) is 13.2. The molecule has 0 saturated carbocycles. The third-order valence-corrected chi connectivity index (χ3v) is 5.97. The molecule has 3 rings (SSSR count). The van der Waals surface area contributed by atoms with Crippen molar-refractivity contribution in [2.45, 2.75) is 56.7 Å². The largest absolute Gasteiger partial charge is 0.300 e. The van der Waals surface area contributed by atoms with Crippen LogP contribution in [0.2, 0.25) is 0 Å². The molecule has 3 nitrogen and oxygen atoms in total. The van der Waals surface area contributed by atoms with Crippen LogP contribution in [-0.4, -0.2) is 30.1 Å². The molecule has 2 bridgehead atoms. The van der Waals surface area contributed by atoms with Gasteiger partial charge in [0, 0.05) is 18.1 Å². The first kappa shape index (κ1) is 13.6. The van der Waals surface area contributed by atoms with Gasteiger partial charge >= 0.3 is 0 Å². The van der Waals surface area contributed by atoms with E-state index >= 15 is 0 Å². The van der Waals surface area contributed by atoms with Gasteiger partial charge in [0.05, 0.1) is 0 Å². The molecule has 3 unspecified atom stereocenters. The van der Waals surface area contributed by atoms with Crippen LogP contribution in [0.15, 0.2) is 16.8 Å². The first-order valence-corrected chi connectivity index (χ1v) is 8.41. The highest BCUT2D eigenvalue weighted by Crippen LogP contribution is 2.39. The van der Waals surface area contributed by atoms with Crippen molar-refractivity contribution < 1.29 is 0 Å². The van der Waals surface area contributed by atoms with Crippen molar-refractivity contribution in [1.82, 2.24) is 10.3 Å². The van der Waals surface area contributed by atoms with Crippen LogP contribution in [0.5, 0.6) is 0 Å². The fourth-order valence-corrected chi connectivity index (χ4v) is 4.70. The molecule has 2 fully saturated rings. The van der Waals surface area contributed by atoms with E-state index in [1.165, 1.54) is 37.7 Å². The number of hydrogen-bond acceptors (Lipinski definition) is 4. The average molecular weight is 279 g/mol. The van der Waals surface area contributed by atoms with Crippen molar-refractivity contribution in [2.75, 3.05) is 7.05 Å². The molecule has 106 valence electrons. The Hall–Kier alpha value is -0.420. The second-order valence-electron chi connectivity index (χ2n) is 6.23. The fraction of sp³-hybridized carbons (Fsp3) is 0.733. The maximum Gasteiger partial charge on any atom is 0.0243 e. The summed E-state index contributed by atoms with van der Waals surface area (Å²) in [6.45, 7) is 0. The molecule has 3 heterocycles. The van der Waals surface area contributed by atoms with Crippen LogP contribution in [0.4, 0.5) is 0 Å². The number of piperidine rings is 1. The lowest BCUT2D eigenvalue weighted by molar-refractivity contribution is 0.110. The van der Waals surface area contributed by atoms with Crippen molar-refractivity contribution in [2.24, 2.45) is 11.8 Å². The summed E-state index contributed by atoms with van der Waals surface area (Å²) in [6.07, 6.45) is 7.75. The molecular formula is C15H25N3S. The van der Waals surface area contributed by atoms with E-state index in [2.05, 4.69) is 34.2 Å². The summed E-state index contributed by atoms with van der Waals surface area (Å²) in [6, 6.07) is 4.33. The SMILES string of the molecule is CN1C2CCC1CC(C(CCc1ccsc1)NN)C2. The summed E-state index contributed by atoms with van der Waals surface area (Å²) in [4.78, 5) is 2.60. The van der Waals surface area contributed by atoms with Crippen molar-refractivity contribution in [3.05, 3.63) is 22.4 Å². The quantitative estimate of drug-likeness (QED) is 0.642. The normalized spacial score (nSPS) is 32.6. The first-order valence-electron chi connectivity index (χ1n) is 7.47. The minimum Gasteiger partial charge on any atom is -0.300 e. The molecule has 3 atom stereocenters. The van der Waals surface area contributed by atoms with Gasteiger partial charge in [0.2, 0.25) is 0 Å². The predicted molar refractivity (Wildman–Crippen MR) is 81.0 cm³/mol. The molecule has 2 aliphatic heterocycles. The molecule has 1 aromatic heterocycles. The zero-order valence-corrected chi connectivity index (χ0v) is 12.5. The van der Waals surface area contributed by atoms with Gasteiger partial charge in [0.15, 0.2) is 0 Å². The molecule has 2 saturated heterocycles. The Kier molecular flexibility index (Phi) is 4.22. The molecule has 0 radical (unpaired) electrons. The number of nitrogens with two attached hydrogens (primary N) is 1. The Morgan fingerprint density at radius 1 is 1.42 bits per heavy atom. The van der Waals surface area contributed by atoms with Crippen LogP contribution in [-0.2, 0) is 6.42 Å². The number of nitrogens with one attached hydrogen (secondary N) is 1. The Bertz CT molecular complexity index is 378. The third kappa shape index (κ3) is 2.87. The minimum absolute atomic E-state index is 0.483. The number of aryl methyl sites for hydroxylation is 1. The van der Waals surface area contributed by atoms with Gasteiger partial charge in [-0.25, -0.2) is 0 Å². The zero-order valence-electron chi connectivity index (χ0n) is 11.7. The molecular weight excluding hydrogens is 254 g/mol. The van der Waals surface area contributed by atoms with Crippen LogP contribution in [0.1, 0.15) is 37.7 Å². The average Bonchev–Trinajstić information content (AvgIpc) is 2.97. The van der Waals surface area contributed by atoms with Gasteiger partial charge in [-0.15, -0.1) is 0 Å². The van der Waals surface area contributed by atoms with Gasteiger partial charge < -0.3 is 4.90 Å². The number of thiophene rings is 1. The van der Waals surface area contributed by atoms with Crippen LogP contribution in [0.25, 0.3) is 0 Å². The predicted octanol–water partition coefficient (Wildman–Crippen LogP) is 2.39. The number of rotatable bonds is 5. The maximum atomic E-state index is 5.83. The molecule has 3 N–H and O–H groups in total. The second kappa shape index (κ2) is 5.92. The smallest absolute Gasteiger partial charge is 0.0243 e. The third-order valence-electron chi connectivity index (χ3n) is 5.24. The fourth-order valence-electron chi connectivity index (χ4n) is 3.99. The molecule has 0 spiro atoms. The lowest BCUT2D eigenvalue weighted by atomic mass is 9.83. The lowest BCUT2D eigenvalue weighted by Gasteiger charge is -2.39. The lowest BCUT2D eigenvalue weighted by Crippen LogP contribution is -2.49. The van der Waals surface area contributed by atoms with Crippen LogP contribution in [0.3, 0.4) is 0 Å². The van der Waals surface area contributed by atoms with Crippen molar-refractivity contribution >= 4 is 11.3 Å². The van der Waals surface area contributed by atoms with E-state index in [4.69, 9.17) is 5.84 Å². The topological polar surface area (TPSA) is 41.3 Å². The second-order valence-corrected chi connectivity index (χ2v) is 7.01. The summed E-state index contributed by atoms with van der Waals surface area (Å²) in [5.74, 6) is 6.59. The van der Waals surface area contributed by atoms with Gasteiger partial charge in [0.25, 0.3) is 0 Å². The van der Waals surface area contributed by atoms with Crippen LogP contribution in [0, 0.1) is 5.92 Å². The van der Waals surface area contributed by atoms with Crippen LogP contribution >= 0.6 is 11.3 Å². The summed E-state index contributed by atoms with van der Waals surface area (Å²) < 4.78 is 0. The molecule has 1 aromatic rings. The Morgan fingerprint density at radius 2 is 2.16 bits per heavy atom. The van der Waals surface area contributed by atoms with E-state index in [1.807, 2.05) is 0 Å². The minimum atomic E-state index is 0.483. The summed E-state index contributed by atoms with van der Waals surface area (Å²) >= 11 is 1.79. The summed E-state index contributed by atoms with van der Waals surface area (Å²) in [5.41, 5.74) is 4.56. The Balaban J connectivity index is 1.57.